The molecule has 0 aliphatic carbocycles. The fourth-order valence-electron chi connectivity index (χ4n) is 4.22. The van der Waals surface area contributed by atoms with Gasteiger partial charge in [0.1, 0.15) is 12.2 Å². The van der Waals surface area contributed by atoms with Gasteiger partial charge in [-0.15, -0.1) is 0 Å². The largest absolute Gasteiger partial charge is 0.356 e. The molecule has 0 bridgehead atoms. The number of guanidine groups is 1. The van der Waals surface area contributed by atoms with Crippen LogP contribution in [0.1, 0.15) is 31.0 Å². The average Bonchev–Trinajstić information content (AvgIpc) is 2.84. The first-order chi connectivity index (χ1) is 18.0. The minimum Gasteiger partial charge on any atom is -0.356 e. The third kappa shape index (κ3) is 7.52. The van der Waals surface area contributed by atoms with Crippen LogP contribution < -0.4 is 21.0 Å². The summed E-state index contributed by atoms with van der Waals surface area (Å²) in [7, 11) is -3.89. The van der Waals surface area contributed by atoms with Crippen molar-refractivity contribution in [2.24, 2.45) is 0 Å². The summed E-state index contributed by atoms with van der Waals surface area (Å²) in [5, 5.41) is 20.7. The Morgan fingerprint density at radius 1 is 1.24 bits per heavy atom. The number of benzene rings is 1. The molecule has 1 aliphatic rings. The van der Waals surface area contributed by atoms with Gasteiger partial charge in [-0.25, -0.2) is 18.5 Å². The molecule has 1 amide bonds. The number of hydrogen-bond acceptors (Lipinski definition) is 8. The van der Waals surface area contributed by atoms with Crippen LogP contribution in [0.15, 0.2) is 47.3 Å². The van der Waals surface area contributed by atoms with Gasteiger partial charge < -0.3 is 19.5 Å². The molecule has 0 saturated carbocycles. The number of sulfonamides is 1. The van der Waals surface area contributed by atoms with E-state index in [0.717, 1.165) is 4.57 Å². The minimum absolute atomic E-state index is 0.185. The van der Waals surface area contributed by atoms with Crippen molar-refractivity contribution >= 4 is 27.6 Å². The summed E-state index contributed by atoms with van der Waals surface area (Å²) in [4.78, 5) is 38.2. The van der Waals surface area contributed by atoms with Crippen molar-refractivity contribution < 1.29 is 23.0 Å². The molecule has 1 aliphatic heterocycles. The van der Waals surface area contributed by atoms with Crippen molar-refractivity contribution in [3.63, 3.8) is 0 Å². The Hall–Kier alpha value is -3.98. The number of nitrogens with zero attached hydrogens (tertiary/aromatic N) is 3. The number of nitrogens with one attached hydrogen (secondary N) is 4. The molecule has 1 saturated heterocycles. The fourth-order valence-corrected chi connectivity index (χ4v) is 5.41. The predicted octanol–water partition coefficient (Wildman–Crippen LogP) is 0.758. The zero-order chi connectivity index (χ0) is 27.9. The lowest BCUT2D eigenvalue weighted by molar-refractivity contribution is -0.527. The maximum absolute atomic E-state index is 13.1. The Morgan fingerprint density at radius 2 is 1.95 bits per heavy atom. The van der Waals surface area contributed by atoms with Crippen LogP contribution in [0.5, 0.6) is 0 Å². The van der Waals surface area contributed by atoms with E-state index >= 15 is 0 Å². The number of anilines is 1. The minimum atomic E-state index is -3.89. The molecular formula is C23H31N7O7S. The molecule has 3 rings (SSSR count). The highest BCUT2D eigenvalue weighted by molar-refractivity contribution is 7.91. The van der Waals surface area contributed by atoms with E-state index in [1.54, 1.807) is 49.6 Å². The van der Waals surface area contributed by atoms with Crippen LogP contribution in [0, 0.1) is 22.4 Å². The zero-order valence-electron chi connectivity index (χ0n) is 21.0. The number of ether oxygens (including phenoxy) is 1. The number of carbonyl (C=O) groups is 1. The number of piperidine rings is 1. The number of aryl methyl sites for hydroxylation is 1. The van der Waals surface area contributed by atoms with Gasteiger partial charge in [0.05, 0.1) is 11.8 Å². The quantitative estimate of drug-likeness (QED) is 0.143. The second-order valence-corrected chi connectivity index (χ2v) is 10.4. The second kappa shape index (κ2) is 12.5. The van der Waals surface area contributed by atoms with E-state index in [-0.39, 0.29) is 18.0 Å². The third-order valence-corrected chi connectivity index (χ3v) is 7.14. The highest BCUT2D eigenvalue weighted by atomic mass is 32.2. The van der Waals surface area contributed by atoms with Crippen LogP contribution in [0.4, 0.5) is 5.69 Å². The molecule has 2 aromatic rings. The number of pyridine rings is 1. The SMILES string of the molecule is CCOC1C(NC(=O)Cn2c(C)ccc(NS(=O)(=O)Cc3ccccc3)c2=O)CCCN1C(=N)N[N+](=O)[O-]. The van der Waals surface area contributed by atoms with Crippen molar-refractivity contribution in [3.8, 4) is 0 Å². The van der Waals surface area contributed by atoms with E-state index in [0.29, 0.717) is 30.6 Å². The summed E-state index contributed by atoms with van der Waals surface area (Å²) >= 11 is 0. The van der Waals surface area contributed by atoms with Gasteiger partial charge >= 0.3 is 0 Å². The van der Waals surface area contributed by atoms with Gasteiger partial charge in [-0.1, -0.05) is 35.8 Å². The number of hydrazine groups is 1. The standard InChI is InChI=1S/C23H31N7O7S/c1-3-37-22-19(10-7-13-28(22)23(24)26-30(33)34)25-20(31)14-29-16(2)11-12-18(21(29)32)27-38(35,36)15-17-8-5-4-6-9-17/h4-6,8-9,11-12,19,22,27H,3,7,10,13-15H2,1-2H3,(H2,24,26)(H,25,31). The van der Waals surface area contributed by atoms with Crippen LogP contribution in [-0.2, 0) is 31.9 Å². The lowest BCUT2D eigenvalue weighted by atomic mass is 10.0. The monoisotopic (exact) mass is 549 g/mol. The van der Waals surface area contributed by atoms with Crippen molar-refractivity contribution in [2.45, 2.75) is 51.3 Å². The highest BCUT2D eigenvalue weighted by Gasteiger charge is 2.36. The van der Waals surface area contributed by atoms with Crippen molar-refractivity contribution in [2.75, 3.05) is 17.9 Å². The Labute approximate surface area is 219 Å². The summed E-state index contributed by atoms with van der Waals surface area (Å²) in [6, 6.07) is 10.8. The van der Waals surface area contributed by atoms with Gasteiger partial charge in [-0.3, -0.25) is 19.7 Å². The summed E-state index contributed by atoms with van der Waals surface area (Å²) in [5.41, 5.74) is 1.94. The maximum atomic E-state index is 13.1. The molecule has 4 N–H and O–H groups in total. The van der Waals surface area contributed by atoms with Crippen LogP contribution in [0.2, 0.25) is 0 Å². The molecule has 38 heavy (non-hydrogen) atoms. The second-order valence-electron chi connectivity index (χ2n) is 8.70. The van der Waals surface area contributed by atoms with Crippen molar-refractivity contribution in [1.29, 1.82) is 5.41 Å². The molecule has 206 valence electrons. The molecule has 15 heteroatoms. The van der Waals surface area contributed by atoms with E-state index < -0.39 is 51.3 Å². The van der Waals surface area contributed by atoms with E-state index in [1.807, 2.05) is 0 Å². The third-order valence-electron chi connectivity index (χ3n) is 5.89. The van der Waals surface area contributed by atoms with Gasteiger partial charge in [0.15, 0.2) is 11.3 Å². The summed E-state index contributed by atoms with van der Waals surface area (Å²) < 4.78 is 34.4. The molecule has 2 unspecified atom stereocenters. The first-order valence-electron chi connectivity index (χ1n) is 11.9. The van der Waals surface area contributed by atoms with E-state index in [4.69, 9.17) is 10.1 Å². The van der Waals surface area contributed by atoms with Crippen LogP contribution in [-0.4, -0.2) is 60.2 Å². The topological polar surface area (TPSA) is 189 Å². The van der Waals surface area contributed by atoms with Crippen LogP contribution in [0.3, 0.4) is 0 Å². The average molecular weight is 550 g/mol. The number of hydrogen-bond donors (Lipinski definition) is 4. The Morgan fingerprint density at radius 3 is 2.61 bits per heavy atom. The zero-order valence-corrected chi connectivity index (χ0v) is 21.9. The number of carbonyl (C=O) groups excluding carboxylic acids is 1. The van der Waals surface area contributed by atoms with Gasteiger partial charge in [0.25, 0.3) is 11.5 Å². The summed E-state index contributed by atoms with van der Waals surface area (Å²) in [5.74, 6) is -1.32. The number of nitro groups is 1. The van der Waals surface area contributed by atoms with Crippen molar-refractivity contribution in [1.82, 2.24) is 20.2 Å². The van der Waals surface area contributed by atoms with Crippen molar-refractivity contribution in [3.05, 3.63) is 74.2 Å². The predicted molar refractivity (Wildman–Crippen MR) is 139 cm³/mol. The normalized spacial score (nSPS) is 17.5. The van der Waals surface area contributed by atoms with E-state index in [1.165, 1.54) is 17.0 Å². The first-order valence-corrected chi connectivity index (χ1v) is 13.6. The Balaban J connectivity index is 1.74. The maximum Gasteiger partial charge on any atom is 0.275 e. The number of amides is 1. The lowest BCUT2D eigenvalue weighted by Gasteiger charge is -2.41. The van der Waals surface area contributed by atoms with Gasteiger partial charge in [0, 0.05) is 18.8 Å². The van der Waals surface area contributed by atoms with Gasteiger partial charge in [0.2, 0.25) is 15.9 Å². The molecule has 0 spiro atoms. The smallest absolute Gasteiger partial charge is 0.275 e. The molecule has 1 aromatic carbocycles. The van der Waals surface area contributed by atoms with E-state index in [2.05, 4.69) is 10.0 Å². The number of rotatable bonds is 10. The van der Waals surface area contributed by atoms with Crippen LogP contribution >= 0.6 is 0 Å². The Bertz CT molecular complexity index is 1330. The fraction of sp³-hybridized carbons (Fsp3) is 0.435. The molecule has 2 heterocycles. The van der Waals surface area contributed by atoms with E-state index in [9.17, 15) is 28.1 Å². The lowest BCUT2D eigenvalue weighted by Crippen LogP contribution is -2.61. The molecule has 0 radical (unpaired) electrons. The molecule has 14 nitrogen and oxygen atoms in total. The summed E-state index contributed by atoms with van der Waals surface area (Å²) in [6.45, 7) is 3.51. The molecular weight excluding hydrogens is 518 g/mol. The molecule has 1 aromatic heterocycles. The first kappa shape index (κ1) is 28.6. The molecule has 2 atom stereocenters. The molecule has 1 fully saturated rings. The Kier molecular flexibility index (Phi) is 9.41. The van der Waals surface area contributed by atoms with Gasteiger partial charge in [-0.2, -0.15) is 0 Å². The number of likely N-dealkylation sites (tertiary alicyclic amines) is 1. The van der Waals surface area contributed by atoms with Gasteiger partial charge in [-0.05, 0) is 44.4 Å². The highest BCUT2D eigenvalue weighted by Crippen LogP contribution is 2.19. The van der Waals surface area contributed by atoms with Crippen LogP contribution in [0.25, 0.3) is 0 Å². The number of aromatic nitrogens is 1. The summed E-state index contributed by atoms with van der Waals surface area (Å²) in [6.07, 6.45) is 0.200.